The molecule has 1 aliphatic heterocycles. The molecule has 1 saturated heterocycles. The van der Waals surface area contributed by atoms with Crippen molar-refractivity contribution in [2.24, 2.45) is 5.92 Å². The number of carbonyl (C=O) groups is 3. The molecule has 0 N–H and O–H groups in total. The van der Waals surface area contributed by atoms with Crippen LogP contribution in [-0.2, 0) is 19.1 Å². The van der Waals surface area contributed by atoms with Gasteiger partial charge in [-0.05, 0) is 70.0 Å². The zero-order valence-corrected chi connectivity index (χ0v) is 17.7. The second-order valence-electron chi connectivity index (χ2n) is 7.48. The van der Waals surface area contributed by atoms with Crippen LogP contribution >= 0.6 is 0 Å². The Bertz CT molecular complexity index is 889. The summed E-state index contributed by atoms with van der Waals surface area (Å²) in [6, 6.07) is 11.2. The van der Waals surface area contributed by atoms with E-state index in [0.29, 0.717) is 38.1 Å². The lowest BCUT2D eigenvalue weighted by Crippen LogP contribution is -2.42. The van der Waals surface area contributed by atoms with Gasteiger partial charge in [-0.2, -0.15) is 0 Å². The van der Waals surface area contributed by atoms with Gasteiger partial charge in [-0.3, -0.25) is 9.59 Å². The van der Waals surface area contributed by atoms with Crippen LogP contribution in [0.15, 0.2) is 36.4 Å². The van der Waals surface area contributed by atoms with Gasteiger partial charge in [-0.1, -0.05) is 0 Å². The monoisotopic (exact) mass is 412 g/mol. The Hall–Kier alpha value is -3.09. The average molecular weight is 412 g/mol. The molecule has 2 aromatic rings. The third-order valence-corrected chi connectivity index (χ3v) is 5.43. The lowest BCUT2D eigenvalue weighted by molar-refractivity contribution is -0.151. The first-order chi connectivity index (χ1) is 14.4. The number of rotatable bonds is 6. The van der Waals surface area contributed by atoms with Gasteiger partial charge >= 0.3 is 11.9 Å². The van der Waals surface area contributed by atoms with Gasteiger partial charge in [0.1, 0.15) is 0 Å². The van der Waals surface area contributed by atoms with Crippen LogP contribution in [0.5, 0.6) is 0 Å². The Morgan fingerprint density at radius 3 is 2.10 bits per heavy atom. The number of benzene rings is 1. The summed E-state index contributed by atoms with van der Waals surface area (Å²) in [4.78, 5) is 38.1. The first-order valence-corrected chi connectivity index (χ1v) is 10.3. The molecular formula is C23H28N2O5. The van der Waals surface area contributed by atoms with E-state index in [1.165, 1.54) is 0 Å². The lowest BCUT2D eigenvalue weighted by atomic mass is 9.97. The number of ether oxygens (including phenoxy) is 2. The zero-order chi connectivity index (χ0) is 21.7. The minimum atomic E-state index is -0.530. The van der Waals surface area contributed by atoms with Crippen LogP contribution in [-0.4, -0.2) is 53.6 Å². The number of amides is 1. The van der Waals surface area contributed by atoms with Crippen LogP contribution in [0, 0.1) is 19.8 Å². The van der Waals surface area contributed by atoms with Crippen LogP contribution in [0.2, 0.25) is 0 Å². The van der Waals surface area contributed by atoms with E-state index in [1.807, 2.05) is 38.1 Å². The third-order valence-electron chi connectivity index (χ3n) is 5.43. The van der Waals surface area contributed by atoms with Crippen molar-refractivity contribution < 1.29 is 23.9 Å². The fourth-order valence-corrected chi connectivity index (χ4v) is 3.75. The van der Waals surface area contributed by atoms with Gasteiger partial charge in [0.25, 0.3) is 5.91 Å². The maximum atomic E-state index is 12.3. The molecule has 7 heteroatoms. The van der Waals surface area contributed by atoms with Crippen molar-refractivity contribution in [3.8, 4) is 5.69 Å². The van der Waals surface area contributed by atoms with Crippen molar-refractivity contribution in [1.29, 1.82) is 0 Å². The molecule has 30 heavy (non-hydrogen) atoms. The van der Waals surface area contributed by atoms with E-state index in [0.717, 1.165) is 17.1 Å². The molecule has 7 nitrogen and oxygen atoms in total. The second kappa shape index (κ2) is 9.61. The van der Waals surface area contributed by atoms with Crippen molar-refractivity contribution >= 4 is 17.8 Å². The molecule has 1 aromatic carbocycles. The molecule has 0 saturated carbocycles. The summed E-state index contributed by atoms with van der Waals surface area (Å²) in [6.45, 7) is 6.81. The van der Waals surface area contributed by atoms with Crippen molar-refractivity contribution in [2.45, 2.75) is 33.6 Å². The highest BCUT2D eigenvalue weighted by molar-refractivity contribution is 5.91. The van der Waals surface area contributed by atoms with Gasteiger partial charge in [0.05, 0.1) is 18.1 Å². The van der Waals surface area contributed by atoms with Gasteiger partial charge < -0.3 is 18.9 Å². The normalized spacial score (nSPS) is 14.4. The van der Waals surface area contributed by atoms with E-state index in [4.69, 9.17) is 9.47 Å². The lowest BCUT2D eigenvalue weighted by Gasteiger charge is -2.30. The van der Waals surface area contributed by atoms with E-state index in [-0.39, 0.29) is 24.4 Å². The first-order valence-electron chi connectivity index (χ1n) is 10.3. The van der Waals surface area contributed by atoms with E-state index < -0.39 is 5.97 Å². The Balaban J connectivity index is 1.50. The molecule has 1 amide bonds. The Kier molecular flexibility index (Phi) is 6.92. The van der Waals surface area contributed by atoms with Gasteiger partial charge in [-0.15, -0.1) is 0 Å². The van der Waals surface area contributed by atoms with Crippen molar-refractivity contribution in [1.82, 2.24) is 9.47 Å². The summed E-state index contributed by atoms with van der Waals surface area (Å²) in [5, 5.41) is 0. The molecule has 0 radical (unpaired) electrons. The number of nitrogens with zero attached hydrogens (tertiary/aromatic N) is 2. The standard InChI is InChI=1S/C23H28N2O5/c1-4-29-22(27)19-11-13-24(14-12-19)21(26)15-30-23(28)18-7-9-20(10-8-18)25-16(2)5-6-17(25)3/h5-10,19H,4,11-15H2,1-3H3. The van der Waals surface area contributed by atoms with Crippen LogP contribution in [0.4, 0.5) is 0 Å². The van der Waals surface area contributed by atoms with Crippen molar-refractivity contribution in [3.05, 3.63) is 53.3 Å². The molecule has 0 atom stereocenters. The van der Waals surface area contributed by atoms with E-state index in [1.54, 1.807) is 24.0 Å². The summed E-state index contributed by atoms with van der Waals surface area (Å²) in [6.07, 6.45) is 1.14. The SMILES string of the molecule is CCOC(=O)C1CCN(C(=O)COC(=O)c2ccc(-n3c(C)ccc3C)cc2)CC1. The summed E-state index contributed by atoms with van der Waals surface area (Å²) in [5.41, 5.74) is 3.59. The third kappa shape index (κ3) is 4.90. The number of likely N-dealkylation sites (tertiary alicyclic amines) is 1. The van der Waals surface area contributed by atoms with Crippen molar-refractivity contribution in [2.75, 3.05) is 26.3 Å². The molecule has 1 aliphatic rings. The average Bonchev–Trinajstić information content (AvgIpc) is 3.10. The molecular weight excluding hydrogens is 384 g/mol. The van der Waals surface area contributed by atoms with Crippen LogP contribution in [0.3, 0.4) is 0 Å². The molecule has 3 rings (SSSR count). The van der Waals surface area contributed by atoms with E-state index in [2.05, 4.69) is 4.57 Å². The van der Waals surface area contributed by atoms with E-state index >= 15 is 0 Å². The summed E-state index contributed by atoms with van der Waals surface area (Å²) >= 11 is 0. The maximum Gasteiger partial charge on any atom is 0.338 e. The summed E-state index contributed by atoms with van der Waals surface area (Å²) in [7, 11) is 0. The molecule has 0 unspecified atom stereocenters. The van der Waals surface area contributed by atoms with Crippen LogP contribution in [0.25, 0.3) is 5.69 Å². The summed E-state index contributed by atoms with van der Waals surface area (Å²) in [5.74, 6) is -1.15. The highest BCUT2D eigenvalue weighted by Gasteiger charge is 2.28. The number of aryl methyl sites for hydroxylation is 2. The molecule has 160 valence electrons. The molecule has 1 fully saturated rings. The number of hydrogen-bond donors (Lipinski definition) is 0. The van der Waals surface area contributed by atoms with Crippen LogP contribution < -0.4 is 0 Å². The minimum absolute atomic E-state index is 0.164. The van der Waals surface area contributed by atoms with E-state index in [9.17, 15) is 14.4 Å². The Labute approximate surface area is 176 Å². The minimum Gasteiger partial charge on any atom is -0.466 e. The number of hydrogen-bond acceptors (Lipinski definition) is 5. The number of esters is 2. The quantitative estimate of drug-likeness (QED) is 0.682. The largest absolute Gasteiger partial charge is 0.466 e. The predicted molar refractivity (Wildman–Crippen MR) is 111 cm³/mol. The number of carbonyl (C=O) groups excluding carboxylic acids is 3. The molecule has 0 spiro atoms. The Morgan fingerprint density at radius 1 is 0.933 bits per heavy atom. The molecule has 0 aliphatic carbocycles. The highest BCUT2D eigenvalue weighted by Crippen LogP contribution is 2.19. The summed E-state index contributed by atoms with van der Waals surface area (Å²) < 4.78 is 12.3. The fourth-order valence-electron chi connectivity index (χ4n) is 3.75. The van der Waals surface area contributed by atoms with Gasteiger partial charge in [0, 0.05) is 30.2 Å². The van der Waals surface area contributed by atoms with Crippen LogP contribution in [0.1, 0.15) is 41.5 Å². The molecule has 2 heterocycles. The molecule has 1 aromatic heterocycles. The zero-order valence-electron chi connectivity index (χ0n) is 17.7. The maximum absolute atomic E-state index is 12.3. The van der Waals surface area contributed by atoms with Gasteiger partial charge in [-0.25, -0.2) is 4.79 Å². The fraction of sp³-hybridized carbons (Fsp3) is 0.435. The number of piperidine rings is 1. The number of aromatic nitrogens is 1. The van der Waals surface area contributed by atoms with Crippen molar-refractivity contribution in [3.63, 3.8) is 0 Å². The predicted octanol–water partition coefficient (Wildman–Crippen LogP) is 3.05. The Morgan fingerprint density at radius 2 is 1.53 bits per heavy atom. The topological polar surface area (TPSA) is 77.8 Å². The highest BCUT2D eigenvalue weighted by atomic mass is 16.5. The van der Waals surface area contributed by atoms with Gasteiger partial charge in [0.15, 0.2) is 6.61 Å². The van der Waals surface area contributed by atoms with Gasteiger partial charge in [0.2, 0.25) is 0 Å². The smallest absolute Gasteiger partial charge is 0.338 e. The first kappa shape index (κ1) is 21.6. The second-order valence-corrected chi connectivity index (χ2v) is 7.48. The molecule has 0 bridgehead atoms.